The minimum Gasteiger partial charge on any atom is -0.477 e. The Morgan fingerprint density at radius 2 is 1.52 bits per heavy atom. The van der Waals surface area contributed by atoms with Crippen molar-refractivity contribution in [3.63, 3.8) is 0 Å². The fraction of sp³-hybridized carbons (Fsp3) is 0.231. The van der Waals surface area contributed by atoms with Crippen LogP contribution in [0.3, 0.4) is 0 Å². The second-order valence-corrected chi connectivity index (χ2v) is 7.66. The first-order valence-corrected chi connectivity index (χ1v) is 10.5. The van der Waals surface area contributed by atoms with Crippen molar-refractivity contribution in [2.75, 3.05) is 18.0 Å². The molecule has 0 radical (unpaired) electrons. The summed E-state index contributed by atoms with van der Waals surface area (Å²) in [5.41, 5.74) is 3.13. The first-order valence-electron chi connectivity index (χ1n) is 10.5. The van der Waals surface area contributed by atoms with Crippen LogP contribution in [0.1, 0.15) is 30.4 Å². The summed E-state index contributed by atoms with van der Waals surface area (Å²) >= 11 is 0. The van der Waals surface area contributed by atoms with Crippen molar-refractivity contribution in [3.05, 3.63) is 96.1 Å². The van der Waals surface area contributed by atoms with E-state index in [1.165, 1.54) is 18.1 Å². The summed E-state index contributed by atoms with van der Waals surface area (Å²) in [6.07, 6.45) is 0.0326. The molecule has 0 aliphatic carbocycles. The molecular formula is C26H26N2O3. The molecule has 0 fully saturated rings. The van der Waals surface area contributed by atoms with Crippen molar-refractivity contribution >= 4 is 17.5 Å². The van der Waals surface area contributed by atoms with Gasteiger partial charge in [0.15, 0.2) is 6.10 Å². The summed E-state index contributed by atoms with van der Waals surface area (Å²) in [7, 11) is 0. The number of hydrogen-bond donors (Lipinski definition) is 1. The molecule has 0 aromatic heterocycles. The molecule has 4 rings (SSSR count). The quantitative estimate of drug-likeness (QED) is 0.660. The van der Waals surface area contributed by atoms with Crippen molar-refractivity contribution < 1.29 is 14.3 Å². The molecule has 1 atom stereocenters. The third-order valence-corrected chi connectivity index (χ3v) is 5.58. The summed E-state index contributed by atoms with van der Waals surface area (Å²) < 4.78 is 5.90. The van der Waals surface area contributed by atoms with Gasteiger partial charge < -0.3 is 15.0 Å². The number of benzene rings is 3. The zero-order chi connectivity index (χ0) is 21.6. The van der Waals surface area contributed by atoms with Gasteiger partial charge in [0.2, 0.25) is 5.91 Å². The van der Waals surface area contributed by atoms with E-state index in [9.17, 15) is 9.59 Å². The summed E-state index contributed by atoms with van der Waals surface area (Å²) in [6, 6.07) is 27.9. The first kappa shape index (κ1) is 20.7. The molecule has 31 heavy (non-hydrogen) atoms. The SMILES string of the molecule is CC(=O)N1CC(C(=O)NCCC(c2ccccc2)c2ccccc2)Oc2ccccc21. The van der Waals surface area contributed by atoms with Crippen molar-refractivity contribution in [2.45, 2.75) is 25.4 Å². The van der Waals surface area contributed by atoms with Gasteiger partial charge in [0.25, 0.3) is 5.91 Å². The van der Waals surface area contributed by atoms with Crippen LogP contribution >= 0.6 is 0 Å². The van der Waals surface area contributed by atoms with Crippen LogP contribution in [0, 0.1) is 0 Å². The molecule has 1 N–H and O–H groups in total. The molecule has 1 aliphatic heterocycles. The normalized spacial score (nSPS) is 15.2. The molecule has 5 heteroatoms. The van der Waals surface area contributed by atoms with Gasteiger partial charge in [-0.25, -0.2) is 0 Å². The van der Waals surface area contributed by atoms with Crippen LogP contribution in [0.5, 0.6) is 5.75 Å². The minimum atomic E-state index is -0.731. The summed E-state index contributed by atoms with van der Waals surface area (Å²) in [5, 5.41) is 3.01. The van der Waals surface area contributed by atoms with Gasteiger partial charge in [-0.2, -0.15) is 0 Å². The molecule has 3 aromatic rings. The standard InChI is InChI=1S/C26H26N2O3/c1-19(29)28-18-25(31-24-15-9-8-14-23(24)28)26(30)27-17-16-22(20-10-4-2-5-11-20)21-12-6-3-7-13-21/h2-15,22,25H,16-18H2,1H3,(H,27,30). The number of para-hydroxylation sites is 2. The van der Waals surface area contributed by atoms with Gasteiger partial charge in [-0.05, 0) is 29.7 Å². The van der Waals surface area contributed by atoms with Gasteiger partial charge in [0, 0.05) is 19.4 Å². The van der Waals surface area contributed by atoms with E-state index >= 15 is 0 Å². The Bertz CT molecular complexity index is 997. The van der Waals surface area contributed by atoms with Gasteiger partial charge in [-0.15, -0.1) is 0 Å². The van der Waals surface area contributed by atoms with E-state index in [2.05, 4.69) is 29.6 Å². The first-order chi connectivity index (χ1) is 15.1. The van der Waals surface area contributed by atoms with E-state index in [0.29, 0.717) is 18.0 Å². The number of ether oxygens (including phenoxy) is 1. The maximum Gasteiger partial charge on any atom is 0.262 e. The van der Waals surface area contributed by atoms with Gasteiger partial charge in [0.1, 0.15) is 5.75 Å². The Morgan fingerprint density at radius 3 is 2.13 bits per heavy atom. The summed E-state index contributed by atoms with van der Waals surface area (Å²) in [5.74, 6) is 0.419. The second-order valence-electron chi connectivity index (χ2n) is 7.66. The average Bonchev–Trinajstić information content (AvgIpc) is 2.82. The van der Waals surface area contributed by atoms with Gasteiger partial charge >= 0.3 is 0 Å². The Morgan fingerprint density at radius 1 is 0.935 bits per heavy atom. The highest BCUT2D eigenvalue weighted by molar-refractivity contribution is 5.95. The predicted molar refractivity (Wildman–Crippen MR) is 121 cm³/mol. The second kappa shape index (κ2) is 9.47. The van der Waals surface area contributed by atoms with Crippen molar-refractivity contribution in [1.82, 2.24) is 5.32 Å². The smallest absolute Gasteiger partial charge is 0.262 e. The number of amides is 2. The Balaban J connectivity index is 1.43. The molecule has 0 saturated carbocycles. The van der Waals surface area contributed by atoms with Crippen LogP contribution in [-0.2, 0) is 9.59 Å². The molecule has 0 spiro atoms. The molecule has 2 amide bonds. The topological polar surface area (TPSA) is 58.6 Å². The van der Waals surface area contributed by atoms with Crippen molar-refractivity contribution in [3.8, 4) is 5.75 Å². The van der Waals surface area contributed by atoms with E-state index in [0.717, 1.165) is 6.42 Å². The number of nitrogens with zero attached hydrogens (tertiary/aromatic N) is 1. The number of carbonyl (C=O) groups excluding carboxylic acids is 2. The molecule has 1 unspecified atom stereocenters. The van der Waals surface area contributed by atoms with E-state index in [4.69, 9.17) is 4.74 Å². The molecule has 1 aliphatic rings. The highest BCUT2D eigenvalue weighted by Gasteiger charge is 2.32. The third kappa shape index (κ3) is 4.77. The lowest BCUT2D eigenvalue weighted by Crippen LogP contribution is -2.50. The van der Waals surface area contributed by atoms with Gasteiger partial charge in [-0.3, -0.25) is 9.59 Å². The average molecular weight is 415 g/mol. The molecule has 158 valence electrons. The molecular weight excluding hydrogens is 388 g/mol. The maximum absolute atomic E-state index is 12.9. The van der Waals surface area contributed by atoms with Crippen LogP contribution in [-0.4, -0.2) is 31.0 Å². The fourth-order valence-electron chi connectivity index (χ4n) is 4.02. The number of fused-ring (bicyclic) bond motifs is 1. The van der Waals surface area contributed by atoms with E-state index in [1.54, 1.807) is 11.0 Å². The zero-order valence-electron chi connectivity index (χ0n) is 17.5. The van der Waals surface area contributed by atoms with Gasteiger partial charge in [0.05, 0.1) is 12.2 Å². The predicted octanol–water partition coefficient (Wildman–Crippen LogP) is 4.14. The Kier molecular flexibility index (Phi) is 6.32. The maximum atomic E-state index is 12.9. The lowest BCUT2D eigenvalue weighted by molar-refractivity contribution is -0.128. The number of hydrogen-bond acceptors (Lipinski definition) is 3. The summed E-state index contributed by atoms with van der Waals surface area (Å²) in [4.78, 5) is 26.5. The lowest BCUT2D eigenvalue weighted by Gasteiger charge is -2.33. The molecule has 5 nitrogen and oxygen atoms in total. The van der Waals surface area contributed by atoms with Crippen LogP contribution in [0.25, 0.3) is 0 Å². The van der Waals surface area contributed by atoms with Crippen LogP contribution in [0.4, 0.5) is 5.69 Å². The summed E-state index contributed by atoms with van der Waals surface area (Å²) in [6.45, 7) is 2.22. The van der Waals surface area contributed by atoms with E-state index < -0.39 is 6.10 Å². The highest BCUT2D eigenvalue weighted by Crippen LogP contribution is 2.33. The molecule has 1 heterocycles. The Labute approximate surface area is 182 Å². The minimum absolute atomic E-state index is 0.109. The molecule has 0 bridgehead atoms. The zero-order valence-corrected chi connectivity index (χ0v) is 17.5. The van der Waals surface area contributed by atoms with Crippen LogP contribution in [0.15, 0.2) is 84.9 Å². The highest BCUT2D eigenvalue weighted by atomic mass is 16.5. The Hall–Kier alpha value is -3.60. The number of anilines is 1. The largest absolute Gasteiger partial charge is 0.477 e. The van der Waals surface area contributed by atoms with E-state index in [-0.39, 0.29) is 24.3 Å². The lowest BCUT2D eigenvalue weighted by atomic mass is 9.88. The molecule has 3 aromatic carbocycles. The van der Waals surface area contributed by atoms with Crippen molar-refractivity contribution in [2.24, 2.45) is 0 Å². The third-order valence-electron chi connectivity index (χ3n) is 5.58. The number of rotatable bonds is 6. The fourth-order valence-corrected chi connectivity index (χ4v) is 4.02. The number of carbonyl (C=O) groups is 2. The van der Waals surface area contributed by atoms with Crippen LogP contribution < -0.4 is 15.0 Å². The van der Waals surface area contributed by atoms with Crippen LogP contribution in [0.2, 0.25) is 0 Å². The monoisotopic (exact) mass is 414 g/mol. The van der Waals surface area contributed by atoms with Crippen molar-refractivity contribution in [1.29, 1.82) is 0 Å². The molecule has 0 saturated heterocycles. The van der Waals surface area contributed by atoms with E-state index in [1.807, 2.05) is 54.6 Å². The number of nitrogens with one attached hydrogen (secondary N) is 1. The van der Waals surface area contributed by atoms with Gasteiger partial charge in [-0.1, -0.05) is 72.8 Å².